The lowest BCUT2D eigenvalue weighted by Crippen LogP contribution is -2.79. The first-order valence-electron chi connectivity index (χ1n) is 11.1. The molecule has 25 heteroatoms. The summed E-state index contributed by atoms with van der Waals surface area (Å²) in [5.41, 5.74) is 6.11. The van der Waals surface area contributed by atoms with Gasteiger partial charge in [-0.2, -0.15) is 4.31 Å². The van der Waals surface area contributed by atoms with Gasteiger partial charge in [0.25, 0.3) is 0 Å². The summed E-state index contributed by atoms with van der Waals surface area (Å²) in [5.74, 6) is 0.298. The molecular formula is C15H27N5O17P3+. The number of hydrogen-bond acceptors (Lipinski definition) is 16. The second-order valence-corrected chi connectivity index (χ2v) is 12.8. The van der Waals surface area contributed by atoms with Crippen molar-refractivity contribution < 1.29 is 86.4 Å². The minimum absolute atomic E-state index is 0.265. The number of nitrogens with two attached hydrogens (primary N) is 2. The van der Waals surface area contributed by atoms with Gasteiger partial charge in [0, 0.05) is 0 Å². The third-order valence-electron chi connectivity index (χ3n) is 5.81. The fraction of sp³-hybridized carbons (Fsp3) is 0.733. The minimum atomic E-state index is -5.45. The molecule has 0 amide bonds. The number of aromatic nitrogens is 2. The van der Waals surface area contributed by atoms with Crippen LogP contribution in [0.15, 0.2) is 11.3 Å². The van der Waals surface area contributed by atoms with Gasteiger partial charge in [0.1, 0.15) is 43.0 Å². The van der Waals surface area contributed by atoms with E-state index in [2.05, 4.69) is 27.9 Å². The summed E-state index contributed by atoms with van der Waals surface area (Å²) < 4.78 is 65.4. The zero-order valence-corrected chi connectivity index (χ0v) is 22.5. The van der Waals surface area contributed by atoms with Crippen molar-refractivity contribution >= 4 is 35.6 Å². The average Bonchev–Trinajstić information content (AvgIpc) is 3.47. The van der Waals surface area contributed by atoms with Crippen LogP contribution in [0.25, 0.3) is 0 Å². The number of ether oxygens (including phenoxy) is 2. The monoisotopic (exact) mass is 642 g/mol. The Labute approximate surface area is 223 Å². The predicted octanol–water partition coefficient (Wildman–Crippen LogP) is -4.50. The van der Waals surface area contributed by atoms with Crippen LogP contribution in [0.3, 0.4) is 0 Å². The molecular weight excluding hydrogens is 615 g/mol. The summed E-state index contributed by atoms with van der Waals surface area (Å²) in [6.45, 7) is -1.99. The molecule has 4 rings (SSSR count). The number of fused-ring (bicyclic) bond motifs is 1. The van der Waals surface area contributed by atoms with Crippen LogP contribution in [0.4, 0.5) is 5.82 Å². The zero-order valence-electron chi connectivity index (χ0n) is 19.9. The Hall–Kier alpha value is -1.07. The Morgan fingerprint density at radius 3 is 2.10 bits per heavy atom. The van der Waals surface area contributed by atoms with Crippen LogP contribution in [-0.2, 0) is 41.1 Å². The number of phosphoric acid groups is 3. The molecule has 1 aromatic heterocycles. The molecule has 3 aliphatic rings. The summed E-state index contributed by atoms with van der Waals surface area (Å²) >= 11 is 0. The van der Waals surface area contributed by atoms with Crippen LogP contribution in [-0.4, -0.2) is 112 Å². The van der Waals surface area contributed by atoms with Crippen molar-refractivity contribution in [1.82, 2.24) is 9.55 Å². The van der Waals surface area contributed by atoms with Crippen molar-refractivity contribution in [2.24, 2.45) is 10.7 Å². The van der Waals surface area contributed by atoms with Crippen molar-refractivity contribution in [1.29, 1.82) is 0 Å². The largest absolute Gasteiger partial charge is 0.481 e. The van der Waals surface area contributed by atoms with Crippen LogP contribution in [0, 0.1) is 0 Å². The van der Waals surface area contributed by atoms with E-state index >= 15 is 0 Å². The number of rotatable bonds is 11. The maximum atomic E-state index is 12.3. The van der Waals surface area contributed by atoms with Crippen LogP contribution in [0.2, 0.25) is 0 Å². The lowest BCUT2D eigenvalue weighted by molar-refractivity contribution is -0.445. The molecule has 11 atom stereocenters. The summed E-state index contributed by atoms with van der Waals surface area (Å²) in [4.78, 5) is 46.3. The van der Waals surface area contributed by atoms with Gasteiger partial charge in [0.2, 0.25) is 5.82 Å². The highest BCUT2D eigenvalue weighted by molar-refractivity contribution is 7.61. The van der Waals surface area contributed by atoms with Crippen molar-refractivity contribution in [3.8, 4) is 0 Å². The Bertz CT molecular complexity index is 1240. The van der Waals surface area contributed by atoms with Gasteiger partial charge < -0.3 is 55.2 Å². The second kappa shape index (κ2) is 11.9. The number of nitrogens with zero attached hydrogens (tertiary/aromatic N) is 3. The highest BCUT2D eigenvalue weighted by Gasteiger charge is 2.51. The van der Waals surface area contributed by atoms with E-state index in [1.54, 1.807) is 0 Å². The van der Waals surface area contributed by atoms with E-state index in [0.717, 1.165) is 0 Å². The number of hydrogen-bond donors (Lipinski definition) is 10. The van der Waals surface area contributed by atoms with E-state index in [1.807, 2.05) is 0 Å². The molecule has 12 N–H and O–H groups in total. The first-order chi connectivity index (χ1) is 18.5. The lowest BCUT2D eigenvalue weighted by atomic mass is 10.1. The Morgan fingerprint density at radius 1 is 0.950 bits per heavy atom. The number of aliphatic hydroxyl groups is 4. The lowest BCUT2D eigenvalue weighted by Gasteiger charge is -2.22. The quantitative estimate of drug-likeness (QED) is 0.102. The first kappa shape index (κ1) is 31.9. The smallest absolute Gasteiger partial charge is 0.387 e. The molecule has 1 aromatic rings. The van der Waals surface area contributed by atoms with Crippen molar-refractivity contribution in [3.05, 3.63) is 12.0 Å². The van der Waals surface area contributed by atoms with Crippen molar-refractivity contribution in [3.63, 3.8) is 0 Å². The number of phosphoric ester groups is 3. The van der Waals surface area contributed by atoms with Crippen LogP contribution < -0.4 is 11.1 Å². The molecule has 2 fully saturated rings. The van der Waals surface area contributed by atoms with Gasteiger partial charge in [0.15, 0.2) is 30.7 Å². The number of quaternary nitrogens is 1. The van der Waals surface area contributed by atoms with Gasteiger partial charge in [-0.1, -0.05) is 0 Å². The molecule has 40 heavy (non-hydrogen) atoms. The van der Waals surface area contributed by atoms with Gasteiger partial charge in [-0.25, -0.2) is 23.7 Å². The highest BCUT2D eigenvalue weighted by Crippen LogP contribution is 2.61. The topological polar surface area (TPSA) is 341 Å². The average molecular weight is 642 g/mol. The molecule has 2 saturated heterocycles. The maximum Gasteiger partial charge on any atom is 0.481 e. The fourth-order valence-electron chi connectivity index (χ4n) is 4.00. The number of aliphatic imine (C=N–C) groups is 1. The Morgan fingerprint density at radius 2 is 1.55 bits per heavy atom. The molecule has 0 bridgehead atoms. The van der Waals surface area contributed by atoms with Crippen LogP contribution in [0.1, 0.15) is 18.1 Å². The minimum Gasteiger partial charge on any atom is -0.387 e. The molecule has 228 valence electrons. The normalized spacial score (nSPS) is 37.3. The molecule has 0 radical (unpaired) electrons. The maximum absolute atomic E-state index is 12.3. The van der Waals surface area contributed by atoms with E-state index in [-0.39, 0.29) is 5.69 Å². The van der Waals surface area contributed by atoms with Gasteiger partial charge in [-0.15, -0.1) is 0 Å². The summed E-state index contributed by atoms with van der Waals surface area (Å²) in [6.07, 6.45) is -11.9. The second-order valence-electron chi connectivity index (χ2n) is 8.60. The van der Waals surface area contributed by atoms with Gasteiger partial charge in [-0.05, 0) is 0 Å². The van der Waals surface area contributed by atoms with Gasteiger partial charge in [-0.3, -0.25) is 23.5 Å². The predicted molar refractivity (Wildman–Crippen MR) is 122 cm³/mol. The van der Waals surface area contributed by atoms with E-state index in [9.17, 15) is 53.7 Å². The molecule has 11 unspecified atom stereocenters. The molecule has 0 aromatic carbocycles. The van der Waals surface area contributed by atoms with E-state index in [0.29, 0.717) is 5.82 Å². The molecule has 4 heterocycles. The summed E-state index contributed by atoms with van der Waals surface area (Å²) in [5, 5.41) is 40.5. The van der Waals surface area contributed by atoms with E-state index in [4.69, 9.17) is 15.2 Å². The molecule has 3 aliphatic heterocycles. The number of imidazole rings is 1. The van der Waals surface area contributed by atoms with Gasteiger partial charge >= 0.3 is 23.5 Å². The van der Waals surface area contributed by atoms with Crippen LogP contribution in [0.5, 0.6) is 0 Å². The molecule has 0 saturated carbocycles. The van der Waals surface area contributed by atoms with Crippen molar-refractivity contribution in [2.45, 2.75) is 55.3 Å². The first-order valence-corrected chi connectivity index (χ1v) is 15.6. The summed E-state index contributed by atoms with van der Waals surface area (Å²) in [7, 11) is -16.0. The molecule has 22 nitrogen and oxygen atoms in total. The Balaban J connectivity index is 1.41. The SMILES string of the molecule is NC1N=C[NH2+]c2c1ncn2C1OC(COP(=O)(O)OP(=O)(O)OCC2OC(O)C(O)C2O)C(O)C1OP(=O)(O)O. The third kappa shape index (κ3) is 7.28. The van der Waals surface area contributed by atoms with E-state index < -0.39 is 92.0 Å². The molecule has 0 aliphatic carbocycles. The standard InChI is InChI=1S/C15H26N5O17P3/c16-12-7-13(18-3-17-12)20(4-19-7)14-11(36-38(25,26)27)9(22)6(34-14)2-33-40(30,31)37-39(28,29)32-1-5-8(21)10(23)15(24)35-5/h3-6,8-12,14-15,21-24H,1-2,16H2,(H,17,18)(H,28,29)(H,30,31)(H2,25,26,27)/p+1. The third-order valence-corrected chi connectivity index (χ3v) is 8.93. The highest BCUT2D eigenvalue weighted by atomic mass is 31.3. The molecule has 0 spiro atoms. The van der Waals surface area contributed by atoms with E-state index in [1.165, 1.54) is 22.5 Å². The number of aliphatic hydroxyl groups excluding tert-OH is 4. The van der Waals surface area contributed by atoms with Gasteiger partial charge in [0.05, 0.1) is 13.2 Å². The zero-order chi connectivity index (χ0) is 29.6. The van der Waals surface area contributed by atoms with Crippen molar-refractivity contribution in [2.75, 3.05) is 13.2 Å². The Kier molecular flexibility index (Phi) is 9.48. The fourth-order valence-corrected chi connectivity index (χ4v) is 6.63. The summed E-state index contributed by atoms with van der Waals surface area (Å²) in [6, 6.07) is 0. The van der Waals surface area contributed by atoms with Crippen LogP contribution >= 0.6 is 23.5 Å².